The van der Waals surface area contributed by atoms with E-state index in [2.05, 4.69) is 36.1 Å². The van der Waals surface area contributed by atoms with E-state index >= 15 is 0 Å². The topological polar surface area (TPSA) is 78.3 Å². The van der Waals surface area contributed by atoms with E-state index in [0.717, 1.165) is 6.42 Å². The van der Waals surface area contributed by atoms with Gasteiger partial charge in [-0.05, 0) is 11.8 Å². The monoisotopic (exact) mass is 239 g/mol. The van der Waals surface area contributed by atoms with Crippen molar-refractivity contribution in [2.24, 2.45) is 5.41 Å². The van der Waals surface area contributed by atoms with Crippen LogP contribution in [0.5, 0.6) is 5.75 Å². The van der Waals surface area contributed by atoms with Gasteiger partial charge in [-0.1, -0.05) is 20.8 Å². The van der Waals surface area contributed by atoms with Crippen molar-refractivity contribution in [2.75, 3.05) is 6.61 Å². The van der Waals surface area contributed by atoms with E-state index in [9.17, 15) is 5.11 Å². The van der Waals surface area contributed by atoms with Gasteiger partial charge in [0.15, 0.2) is 5.75 Å². The van der Waals surface area contributed by atoms with Gasteiger partial charge in [-0.25, -0.2) is 9.97 Å². The van der Waals surface area contributed by atoms with E-state index < -0.39 is 0 Å². The van der Waals surface area contributed by atoms with Crippen molar-refractivity contribution in [3.8, 4) is 5.75 Å². The van der Waals surface area contributed by atoms with Gasteiger partial charge in [0.25, 0.3) is 0 Å². The minimum atomic E-state index is 0.0346. The fourth-order valence-corrected chi connectivity index (χ4v) is 1.62. The lowest BCUT2D eigenvalue weighted by Crippen LogP contribution is -2.35. The zero-order valence-electron chi connectivity index (χ0n) is 10.6. The molecule has 1 aromatic rings. The van der Waals surface area contributed by atoms with Crippen LogP contribution in [0.25, 0.3) is 0 Å². The second kappa shape index (κ2) is 5.93. The number of nitrogens with zero attached hydrogens (tertiary/aromatic N) is 2. The van der Waals surface area contributed by atoms with Gasteiger partial charge in [-0.2, -0.15) is 0 Å². The molecule has 3 N–H and O–H groups in total. The number of aromatic hydroxyl groups is 1. The van der Waals surface area contributed by atoms with Crippen LogP contribution in [-0.2, 0) is 6.54 Å². The number of aliphatic hydroxyl groups is 1. The summed E-state index contributed by atoms with van der Waals surface area (Å²) in [5.74, 6) is 0.664. The Kier molecular flexibility index (Phi) is 4.84. The maximum absolute atomic E-state index is 9.27. The lowest BCUT2D eigenvalue weighted by atomic mass is 9.88. The first-order valence-corrected chi connectivity index (χ1v) is 5.75. The number of hydrogen-bond acceptors (Lipinski definition) is 5. The molecule has 0 amide bonds. The van der Waals surface area contributed by atoms with Crippen LogP contribution < -0.4 is 5.32 Å². The summed E-state index contributed by atoms with van der Waals surface area (Å²) in [6, 6.07) is 0.0346. The Bertz CT molecular complexity index is 333. The van der Waals surface area contributed by atoms with E-state index in [-0.39, 0.29) is 23.8 Å². The van der Waals surface area contributed by atoms with E-state index in [1.165, 1.54) is 12.4 Å². The van der Waals surface area contributed by atoms with Crippen molar-refractivity contribution in [1.82, 2.24) is 15.3 Å². The summed E-state index contributed by atoms with van der Waals surface area (Å²) in [6.45, 7) is 6.98. The van der Waals surface area contributed by atoms with E-state index in [1.807, 2.05) is 0 Å². The molecule has 1 atom stereocenters. The van der Waals surface area contributed by atoms with E-state index in [0.29, 0.717) is 12.4 Å². The molecule has 1 rings (SSSR count). The lowest BCUT2D eigenvalue weighted by Gasteiger charge is -2.25. The molecule has 0 aromatic carbocycles. The second-order valence-corrected chi connectivity index (χ2v) is 5.38. The molecule has 0 spiro atoms. The summed E-state index contributed by atoms with van der Waals surface area (Å²) in [6.07, 6.45) is 3.60. The Hall–Kier alpha value is -1.20. The van der Waals surface area contributed by atoms with Crippen LogP contribution in [0.3, 0.4) is 0 Å². The summed E-state index contributed by atoms with van der Waals surface area (Å²) in [4.78, 5) is 7.95. The Morgan fingerprint density at radius 2 is 1.88 bits per heavy atom. The first kappa shape index (κ1) is 13.9. The number of rotatable bonds is 5. The van der Waals surface area contributed by atoms with Crippen LogP contribution in [-0.4, -0.2) is 32.8 Å². The van der Waals surface area contributed by atoms with Crippen molar-refractivity contribution < 1.29 is 10.2 Å². The molecule has 1 heterocycles. The quantitative estimate of drug-likeness (QED) is 0.716. The van der Waals surface area contributed by atoms with Crippen molar-refractivity contribution >= 4 is 0 Å². The molecule has 17 heavy (non-hydrogen) atoms. The smallest absolute Gasteiger partial charge is 0.152 e. The predicted octanol–water partition coefficient (Wildman–Crippen LogP) is 1.07. The number of aromatic nitrogens is 2. The summed E-state index contributed by atoms with van der Waals surface area (Å²) in [7, 11) is 0. The van der Waals surface area contributed by atoms with Gasteiger partial charge in [0.2, 0.25) is 0 Å². The highest BCUT2D eigenvalue weighted by atomic mass is 16.3. The highest BCUT2D eigenvalue weighted by Crippen LogP contribution is 2.20. The van der Waals surface area contributed by atoms with E-state index in [1.54, 1.807) is 0 Å². The molecule has 0 aliphatic carbocycles. The third-order valence-electron chi connectivity index (χ3n) is 2.32. The van der Waals surface area contributed by atoms with Crippen molar-refractivity contribution in [2.45, 2.75) is 39.8 Å². The minimum Gasteiger partial charge on any atom is -0.505 e. The number of aliphatic hydroxyl groups excluding tert-OH is 1. The minimum absolute atomic E-state index is 0.0346. The zero-order valence-corrected chi connectivity index (χ0v) is 10.6. The average Bonchev–Trinajstić information content (AvgIpc) is 2.25. The molecular formula is C12H21N3O2. The summed E-state index contributed by atoms with van der Waals surface area (Å²) in [5, 5.41) is 21.5. The summed E-state index contributed by atoms with van der Waals surface area (Å²) < 4.78 is 0. The molecule has 0 aliphatic heterocycles. The Morgan fingerprint density at radius 3 is 2.35 bits per heavy atom. The maximum atomic E-state index is 9.27. The van der Waals surface area contributed by atoms with Crippen LogP contribution in [0.15, 0.2) is 12.4 Å². The van der Waals surface area contributed by atoms with Gasteiger partial charge in [0.1, 0.15) is 5.82 Å². The third kappa shape index (κ3) is 5.60. The molecule has 0 saturated heterocycles. The first-order valence-electron chi connectivity index (χ1n) is 5.75. The zero-order chi connectivity index (χ0) is 12.9. The Labute approximate surface area is 102 Å². The predicted molar refractivity (Wildman–Crippen MR) is 65.5 cm³/mol. The van der Waals surface area contributed by atoms with Crippen LogP contribution in [0.4, 0.5) is 0 Å². The van der Waals surface area contributed by atoms with Gasteiger partial charge >= 0.3 is 0 Å². The maximum Gasteiger partial charge on any atom is 0.152 e. The molecule has 0 saturated carbocycles. The third-order valence-corrected chi connectivity index (χ3v) is 2.32. The van der Waals surface area contributed by atoms with Gasteiger partial charge in [-0.15, -0.1) is 0 Å². The van der Waals surface area contributed by atoms with E-state index in [4.69, 9.17) is 5.11 Å². The molecule has 96 valence electrons. The molecule has 0 fully saturated rings. The van der Waals surface area contributed by atoms with Crippen LogP contribution in [0, 0.1) is 5.41 Å². The molecule has 5 nitrogen and oxygen atoms in total. The molecule has 0 bridgehead atoms. The van der Waals surface area contributed by atoms with Crippen molar-refractivity contribution in [3.63, 3.8) is 0 Å². The van der Waals surface area contributed by atoms with Crippen LogP contribution in [0.2, 0.25) is 0 Å². The number of nitrogens with one attached hydrogen (secondary N) is 1. The largest absolute Gasteiger partial charge is 0.505 e. The highest BCUT2D eigenvalue weighted by molar-refractivity contribution is 5.09. The molecule has 5 heteroatoms. The Morgan fingerprint density at radius 1 is 1.29 bits per heavy atom. The van der Waals surface area contributed by atoms with Gasteiger partial charge < -0.3 is 15.5 Å². The SMILES string of the molecule is CC(C)(C)C[C@H](CO)NCc1ncc(O)cn1. The average molecular weight is 239 g/mol. The standard InChI is InChI=1S/C12H21N3O2/c1-12(2,3)4-9(8-16)13-7-11-14-5-10(17)6-15-11/h5-6,9,13,16-17H,4,7-8H2,1-3H3/t9-/m1/s1. The summed E-state index contributed by atoms with van der Waals surface area (Å²) in [5.41, 5.74) is 0.163. The van der Waals surface area contributed by atoms with Crippen LogP contribution in [0.1, 0.15) is 33.0 Å². The summed E-state index contributed by atoms with van der Waals surface area (Å²) >= 11 is 0. The van der Waals surface area contributed by atoms with Crippen molar-refractivity contribution in [3.05, 3.63) is 18.2 Å². The fourth-order valence-electron chi connectivity index (χ4n) is 1.62. The first-order chi connectivity index (χ1) is 7.90. The Balaban J connectivity index is 2.45. The van der Waals surface area contributed by atoms with Crippen molar-refractivity contribution in [1.29, 1.82) is 0 Å². The van der Waals surface area contributed by atoms with Crippen LogP contribution >= 0.6 is 0 Å². The highest BCUT2D eigenvalue weighted by Gasteiger charge is 2.17. The molecule has 0 radical (unpaired) electrons. The lowest BCUT2D eigenvalue weighted by molar-refractivity contribution is 0.197. The molecule has 0 unspecified atom stereocenters. The van der Waals surface area contributed by atoms with Gasteiger partial charge in [-0.3, -0.25) is 0 Å². The molecular weight excluding hydrogens is 218 g/mol. The normalized spacial score (nSPS) is 13.6. The fraction of sp³-hybridized carbons (Fsp3) is 0.667. The van der Waals surface area contributed by atoms with Gasteiger partial charge in [0.05, 0.1) is 25.5 Å². The second-order valence-electron chi connectivity index (χ2n) is 5.38. The molecule has 0 aliphatic rings. The molecule has 1 aromatic heterocycles. The van der Waals surface area contributed by atoms with Gasteiger partial charge in [0, 0.05) is 6.04 Å². The number of hydrogen-bond donors (Lipinski definition) is 3.